The van der Waals surface area contributed by atoms with Crippen molar-refractivity contribution in [3.63, 3.8) is 0 Å². The number of fused-ring (bicyclic) bond motifs is 1. The van der Waals surface area contributed by atoms with Gasteiger partial charge in [-0.15, -0.1) is 0 Å². The van der Waals surface area contributed by atoms with E-state index in [1.54, 1.807) is 23.9 Å². The number of benzene rings is 2. The quantitative estimate of drug-likeness (QED) is 0.521. The molecule has 4 rings (SSSR count). The van der Waals surface area contributed by atoms with E-state index in [-0.39, 0.29) is 0 Å². The normalized spacial score (nSPS) is 11.0. The molecule has 0 unspecified atom stereocenters. The monoisotopic (exact) mass is 373 g/mol. The van der Waals surface area contributed by atoms with E-state index < -0.39 is 6.92 Å². The number of ether oxygens (including phenoxy) is 1. The van der Waals surface area contributed by atoms with Gasteiger partial charge in [-0.05, 0) is 36.1 Å². The Kier molecular flexibility index (Phi) is 4.71. The van der Waals surface area contributed by atoms with Crippen LogP contribution in [0.5, 0.6) is 5.75 Å². The predicted octanol–water partition coefficient (Wildman–Crippen LogP) is 2.28. The summed E-state index contributed by atoms with van der Waals surface area (Å²) in [6.45, 7) is 3.46. The lowest BCUT2D eigenvalue weighted by Gasteiger charge is -2.18. The highest BCUT2D eigenvalue weighted by Gasteiger charge is 2.19. The Morgan fingerprint density at radius 1 is 1.25 bits per heavy atom. The van der Waals surface area contributed by atoms with Crippen molar-refractivity contribution in [2.75, 3.05) is 12.3 Å². The van der Waals surface area contributed by atoms with E-state index in [1.807, 2.05) is 49.5 Å². The molecule has 8 heteroatoms. The molecule has 28 heavy (non-hydrogen) atoms. The number of nitrogens with two attached hydrogens (primary N) is 1. The molecular formula is C20H20BN5O2. The molecule has 0 bridgehead atoms. The van der Waals surface area contributed by atoms with E-state index in [1.165, 1.54) is 0 Å². The number of nitrogens with zero attached hydrogens (tertiary/aromatic N) is 4. The zero-order chi connectivity index (χ0) is 19.7. The van der Waals surface area contributed by atoms with Gasteiger partial charge in [0.25, 0.3) is 0 Å². The van der Waals surface area contributed by atoms with Crippen LogP contribution in [0.4, 0.5) is 5.69 Å². The van der Waals surface area contributed by atoms with Gasteiger partial charge in [-0.3, -0.25) is 0 Å². The molecule has 2 heterocycles. The zero-order valence-electron chi connectivity index (χ0n) is 15.7. The Balaban J connectivity index is 1.98. The number of nitrogen functional groups attached to an aromatic ring is 1. The zero-order valence-corrected chi connectivity index (χ0v) is 15.7. The summed E-state index contributed by atoms with van der Waals surface area (Å²) in [5, 5.41) is 23.7. The second-order valence-corrected chi connectivity index (χ2v) is 6.50. The summed E-state index contributed by atoms with van der Waals surface area (Å²) in [7, 11) is 0. The van der Waals surface area contributed by atoms with Crippen LogP contribution in [-0.4, -0.2) is 38.5 Å². The molecule has 0 amide bonds. The predicted molar refractivity (Wildman–Crippen MR) is 111 cm³/mol. The first-order valence-electron chi connectivity index (χ1n) is 9.08. The second kappa shape index (κ2) is 7.32. The van der Waals surface area contributed by atoms with Gasteiger partial charge in [-0.1, -0.05) is 19.0 Å². The molecule has 0 radical (unpaired) electrons. The van der Waals surface area contributed by atoms with Gasteiger partial charge in [0, 0.05) is 29.4 Å². The topological polar surface area (TPSA) is 99.1 Å². The van der Waals surface area contributed by atoms with Crippen molar-refractivity contribution >= 4 is 29.0 Å². The molecule has 7 nitrogen and oxygen atoms in total. The number of hydrogen-bond acceptors (Lipinski definition) is 6. The van der Waals surface area contributed by atoms with Gasteiger partial charge >= 0.3 is 6.92 Å². The van der Waals surface area contributed by atoms with Crippen LogP contribution in [0.25, 0.3) is 27.7 Å². The van der Waals surface area contributed by atoms with Crippen molar-refractivity contribution in [3.05, 3.63) is 55.0 Å². The number of hydrogen-bond donors (Lipinski definition) is 2. The van der Waals surface area contributed by atoms with E-state index in [2.05, 4.69) is 15.3 Å². The van der Waals surface area contributed by atoms with Gasteiger partial charge in [0.2, 0.25) is 0 Å². The molecule has 0 aliphatic heterocycles. The van der Waals surface area contributed by atoms with E-state index in [9.17, 15) is 5.02 Å². The van der Waals surface area contributed by atoms with Crippen LogP contribution in [0.15, 0.2) is 55.0 Å². The fraction of sp³-hybridized carbons (Fsp3) is 0.150. The maximum absolute atomic E-state index is 10.3. The summed E-state index contributed by atoms with van der Waals surface area (Å²) in [4.78, 5) is 0. The van der Waals surface area contributed by atoms with Gasteiger partial charge in [0.1, 0.15) is 5.75 Å². The SMILES string of the molecule is CCOc1cc(-n2cccn2)c(-c2ccc3c(N)cnnc3c2)cc1B(C)O. The van der Waals surface area contributed by atoms with E-state index in [0.29, 0.717) is 29.0 Å². The molecule has 4 aromatic rings. The number of aromatic nitrogens is 4. The van der Waals surface area contributed by atoms with Gasteiger partial charge < -0.3 is 15.5 Å². The molecule has 0 aliphatic rings. The minimum absolute atomic E-state index is 0.502. The Morgan fingerprint density at radius 3 is 2.82 bits per heavy atom. The third-order valence-corrected chi connectivity index (χ3v) is 4.61. The number of rotatable bonds is 5. The summed E-state index contributed by atoms with van der Waals surface area (Å²) in [5.41, 5.74) is 10.7. The van der Waals surface area contributed by atoms with E-state index >= 15 is 0 Å². The molecule has 2 aromatic heterocycles. The van der Waals surface area contributed by atoms with Gasteiger partial charge in [0.05, 0.1) is 29.7 Å². The Labute approximate surface area is 162 Å². The molecule has 0 saturated heterocycles. The Morgan fingerprint density at radius 2 is 2.11 bits per heavy atom. The first-order chi connectivity index (χ1) is 13.6. The first kappa shape index (κ1) is 18.0. The molecule has 0 atom stereocenters. The van der Waals surface area contributed by atoms with Crippen molar-refractivity contribution < 1.29 is 9.76 Å². The molecule has 0 spiro atoms. The van der Waals surface area contributed by atoms with Crippen LogP contribution < -0.4 is 15.9 Å². The van der Waals surface area contributed by atoms with E-state index in [0.717, 1.165) is 22.2 Å². The summed E-state index contributed by atoms with van der Waals surface area (Å²) in [6, 6.07) is 11.6. The second-order valence-electron chi connectivity index (χ2n) is 6.50. The van der Waals surface area contributed by atoms with Gasteiger partial charge in [-0.2, -0.15) is 15.3 Å². The highest BCUT2D eigenvalue weighted by Crippen LogP contribution is 2.32. The molecular weight excluding hydrogens is 353 g/mol. The van der Waals surface area contributed by atoms with Gasteiger partial charge in [-0.25, -0.2) is 4.68 Å². The lowest BCUT2D eigenvalue weighted by atomic mass is 9.63. The fourth-order valence-electron chi connectivity index (χ4n) is 3.27. The standard InChI is InChI=1S/C20H20BN5O2/c1-3-28-20-11-19(26-8-4-7-24-26)15(10-16(20)21(2)27)13-5-6-14-17(22)12-23-25-18(14)9-13/h4-12,27H,3H2,1-2H3,(H2,22,25). The summed E-state index contributed by atoms with van der Waals surface area (Å²) in [6.07, 6.45) is 5.13. The van der Waals surface area contributed by atoms with Crippen LogP contribution in [0.2, 0.25) is 6.82 Å². The lowest BCUT2D eigenvalue weighted by molar-refractivity contribution is 0.342. The van der Waals surface area contributed by atoms with Crippen molar-refractivity contribution in [1.29, 1.82) is 0 Å². The smallest absolute Gasteiger partial charge is 0.324 e. The number of anilines is 1. The molecule has 3 N–H and O–H groups in total. The molecule has 0 aliphatic carbocycles. The first-order valence-corrected chi connectivity index (χ1v) is 9.08. The van der Waals surface area contributed by atoms with Crippen LogP contribution in [0.1, 0.15) is 6.92 Å². The fourth-order valence-corrected chi connectivity index (χ4v) is 3.27. The lowest BCUT2D eigenvalue weighted by Crippen LogP contribution is -2.29. The maximum atomic E-state index is 10.3. The van der Waals surface area contributed by atoms with Crippen LogP contribution >= 0.6 is 0 Å². The molecule has 140 valence electrons. The molecule has 0 saturated carbocycles. The van der Waals surface area contributed by atoms with Crippen molar-refractivity contribution in [2.24, 2.45) is 0 Å². The average molecular weight is 373 g/mol. The Hall–Kier alpha value is -3.39. The van der Waals surface area contributed by atoms with Crippen molar-refractivity contribution in [1.82, 2.24) is 20.0 Å². The summed E-state index contributed by atoms with van der Waals surface area (Å²) < 4.78 is 7.55. The van der Waals surface area contributed by atoms with E-state index in [4.69, 9.17) is 10.5 Å². The average Bonchev–Trinajstić information content (AvgIpc) is 3.22. The van der Waals surface area contributed by atoms with Crippen LogP contribution in [-0.2, 0) is 0 Å². The summed E-state index contributed by atoms with van der Waals surface area (Å²) >= 11 is 0. The Bertz CT molecular complexity index is 1130. The highest BCUT2D eigenvalue weighted by molar-refractivity contribution is 6.66. The maximum Gasteiger partial charge on any atom is 0.324 e. The van der Waals surface area contributed by atoms with Crippen LogP contribution in [0, 0.1) is 0 Å². The van der Waals surface area contributed by atoms with Gasteiger partial charge in [0.15, 0.2) is 0 Å². The highest BCUT2D eigenvalue weighted by atomic mass is 16.5. The minimum Gasteiger partial charge on any atom is -0.494 e. The molecule has 2 aromatic carbocycles. The minimum atomic E-state index is -0.678. The summed E-state index contributed by atoms with van der Waals surface area (Å²) in [5.74, 6) is 0.636. The van der Waals surface area contributed by atoms with Crippen molar-refractivity contribution in [3.8, 4) is 22.6 Å². The third kappa shape index (κ3) is 3.18. The third-order valence-electron chi connectivity index (χ3n) is 4.61. The van der Waals surface area contributed by atoms with Crippen LogP contribution in [0.3, 0.4) is 0 Å². The van der Waals surface area contributed by atoms with Crippen molar-refractivity contribution in [2.45, 2.75) is 13.7 Å². The molecule has 0 fully saturated rings. The largest absolute Gasteiger partial charge is 0.494 e.